The fraction of sp³-hybridized carbons (Fsp3) is 0.250. The molecule has 0 amide bonds. The Hall–Kier alpha value is -1.99. The first-order chi connectivity index (χ1) is 9.19. The topological polar surface area (TPSA) is 96.4 Å². The summed E-state index contributed by atoms with van der Waals surface area (Å²) >= 11 is 1.64. The number of nitrogens with two attached hydrogens (primary N) is 1. The third-order valence-electron chi connectivity index (χ3n) is 2.47. The minimum Gasteiger partial charge on any atom is -0.409 e. The van der Waals surface area contributed by atoms with Crippen LogP contribution in [0.25, 0.3) is 0 Å². The second-order valence-electron chi connectivity index (χ2n) is 4.02. The van der Waals surface area contributed by atoms with Crippen LogP contribution in [0, 0.1) is 6.92 Å². The van der Waals surface area contributed by atoms with E-state index in [1.54, 1.807) is 23.6 Å². The molecule has 0 unspecified atom stereocenters. The number of rotatable bonds is 5. The first-order valence-corrected chi connectivity index (χ1v) is 6.61. The Morgan fingerprint density at radius 3 is 3.05 bits per heavy atom. The molecule has 0 aromatic carbocycles. The van der Waals surface area contributed by atoms with E-state index in [9.17, 15) is 0 Å². The summed E-state index contributed by atoms with van der Waals surface area (Å²) in [5.41, 5.74) is 8.02. The maximum absolute atomic E-state index is 8.61. The van der Waals surface area contributed by atoms with Gasteiger partial charge >= 0.3 is 0 Å². The molecule has 0 aliphatic carbocycles. The van der Waals surface area contributed by atoms with E-state index in [0.717, 1.165) is 22.8 Å². The van der Waals surface area contributed by atoms with Gasteiger partial charge < -0.3 is 16.3 Å². The smallest absolute Gasteiger partial charge is 0.188 e. The maximum Gasteiger partial charge on any atom is 0.188 e. The third kappa shape index (κ3) is 3.73. The lowest BCUT2D eigenvalue weighted by Crippen LogP contribution is -2.17. The van der Waals surface area contributed by atoms with Gasteiger partial charge in [0.2, 0.25) is 0 Å². The normalized spacial score (nSPS) is 11.7. The van der Waals surface area contributed by atoms with Gasteiger partial charge in [0, 0.05) is 30.4 Å². The summed E-state index contributed by atoms with van der Waals surface area (Å²) in [6.07, 6.45) is 1.64. The number of thiazole rings is 1. The Kier molecular flexibility index (Phi) is 4.43. The van der Waals surface area contributed by atoms with Gasteiger partial charge in [-0.25, -0.2) is 4.98 Å². The van der Waals surface area contributed by atoms with Crippen LogP contribution in [0.15, 0.2) is 28.9 Å². The van der Waals surface area contributed by atoms with E-state index < -0.39 is 0 Å². The predicted octanol–water partition coefficient (Wildman–Crippen LogP) is 1.23. The van der Waals surface area contributed by atoms with Crippen molar-refractivity contribution in [3.63, 3.8) is 0 Å². The zero-order valence-electron chi connectivity index (χ0n) is 10.5. The number of nitrogens with one attached hydrogen (secondary N) is 1. The third-order valence-corrected chi connectivity index (χ3v) is 3.43. The molecule has 6 nitrogen and oxygen atoms in total. The number of nitrogens with zero attached hydrogens (tertiary/aromatic N) is 3. The van der Waals surface area contributed by atoms with Gasteiger partial charge in [0.1, 0.15) is 10.7 Å². The van der Waals surface area contributed by atoms with Gasteiger partial charge in [0.15, 0.2) is 5.84 Å². The lowest BCUT2D eigenvalue weighted by Gasteiger charge is -2.04. The monoisotopic (exact) mass is 277 g/mol. The van der Waals surface area contributed by atoms with Gasteiger partial charge in [-0.1, -0.05) is 5.16 Å². The van der Waals surface area contributed by atoms with E-state index in [0.29, 0.717) is 12.2 Å². The fourth-order valence-electron chi connectivity index (χ4n) is 1.57. The lowest BCUT2D eigenvalue weighted by atomic mass is 10.2. The average Bonchev–Trinajstić information content (AvgIpc) is 2.84. The van der Waals surface area contributed by atoms with Crippen LogP contribution in [0.2, 0.25) is 0 Å². The molecule has 2 heterocycles. The average molecular weight is 277 g/mol. The molecule has 4 N–H and O–H groups in total. The molecule has 7 heteroatoms. The molecule has 0 fully saturated rings. The molecule has 0 bridgehead atoms. The van der Waals surface area contributed by atoms with Crippen molar-refractivity contribution in [2.24, 2.45) is 10.9 Å². The summed E-state index contributed by atoms with van der Waals surface area (Å²) in [6.45, 7) is 3.37. The number of oxime groups is 1. The SMILES string of the molecule is Cc1csc(CNCc2ccnc(C(N)=NO)c2)n1. The van der Waals surface area contributed by atoms with Crippen molar-refractivity contribution >= 4 is 17.2 Å². The van der Waals surface area contributed by atoms with Crippen LogP contribution in [-0.2, 0) is 13.1 Å². The number of aromatic nitrogens is 2. The minimum atomic E-state index is 0.0115. The van der Waals surface area contributed by atoms with Crippen LogP contribution >= 0.6 is 11.3 Å². The molecule has 0 spiro atoms. The van der Waals surface area contributed by atoms with Gasteiger partial charge in [-0.15, -0.1) is 11.3 Å². The summed E-state index contributed by atoms with van der Waals surface area (Å²) in [4.78, 5) is 8.40. The number of aryl methyl sites for hydroxylation is 1. The van der Waals surface area contributed by atoms with Gasteiger partial charge in [0.25, 0.3) is 0 Å². The Bertz CT molecular complexity index is 581. The standard InChI is InChI=1S/C12H15N5OS/c1-8-7-19-11(16-8)6-14-5-9-2-3-15-10(4-9)12(13)17-18/h2-4,7,14,18H,5-6H2,1H3,(H2,13,17). The highest BCUT2D eigenvalue weighted by atomic mass is 32.1. The maximum atomic E-state index is 8.61. The second kappa shape index (κ2) is 6.26. The van der Waals surface area contributed by atoms with Crippen LogP contribution in [0.1, 0.15) is 22.0 Å². The van der Waals surface area contributed by atoms with Crippen LogP contribution in [0.3, 0.4) is 0 Å². The Morgan fingerprint density at radius 1 is 1.53 bits per heavy atom. The quantitative estimate of drug-likeness (QED) is 0.330. The van der Waals surface area contributed by atoms with Gasteiger partial charge in [-0.2, -0.15) is 0 Å². The van der Waals surface area contributed by atoms with Crippen molar-refractivity contribution in [1.29, 1.82) is 0 Å². The van der Waals surface area contributed by atoms with Crippen LogP contribution < -0.4 is 11.1 Å². The highest BCUT2D eigenvalue weighted by Gasteiger charge is 2.03. The predicted molar refractivity (Wildman–Crippen MR) is 74.1 cm³/mol. The van der Waals surface area contributed by atoms with Crippen LogP contribution in [-0.4, -0.2) is 21.0 Å². The van der Waals surface area contributed by atoms with E-state index in [1.807, 2.05) is 18.4 Å². The van der Waals surface area contributed by atoms with Crippen molar-refractivity contribution in [3.8, 4) is 0 Å². The number of hydrogen-bond acceptors (Lipinski definition) is 6. The van der Waals surface area contributed by atoms with Crippen molar-refractivity contribution in [2.75, 3.05) is 0 Å². The van der Waals surface area contributed by atoms with Crippen molar-refractivity contribution in [3.05, 3.63) is 45.7 Å². The van der Waals surface area contributed by atoms with E-state index in [4.69, 9.17) is 10.9 Å². The molecule has 2 aromatic heterocycles. The lowest BCUT2D eigenvalue weighted by molar-refractivity contribution is 0.318. The Morgan fingerprint density at radius 2 is 2.37 bits per heavy atom. The largest absolute Gasteiger partial charge is 0.409 e. The molecule has 19 heavy (non-hydrogen) atoms. The molecule has 0 saturated heterocycles. The summed E-state index contributed by atoms with van der Waals surface area (Å²) in [7, 11) is 0. The van der Waals surface area contributed by atoms with Crippen molar-refractivity contribution in [1.82, 2.24) is 15.3 Å². The van der Waals surface area contributed by atoms with Crippen molar-refractivity contribution in [2.45, 2.75) is 20.0 Å². The molecular weight excluding hydrogens is 262 g/mol. The van der Waals surface area contributed by atoms with E-state index in [1.165, 1.54) is 0 Å². The summed E-state index contributed by atoms with van der Waals surface area (Å²) in [5.74, 6) is 0.0115. The minimum absolute atomic E-state index is 0.0115. The van der Waals surface area contributed by atoms with Crippen LogP contribution in [0.5, 0.6) is 0 Å². The molecule has 0 saturated carbocycles. The second-order valence-corrected chi connectivity index (χ2v) is 4.96. The van der Waals surface area contributed by atoms with E-state index in [2.05, 4.69) is 20.4 Å². The molecule has 100 valence electrons. The van der Waals surface area contributed by atoms with Crippen LogP contribution in [0.4, 0.5) is 0 Å². The molecule has 2 aromatic rings. The van der Waals surface area contributed by atoms with Gasteiger partial charge in [0.05, 0.1) is 0 Å². The number of hydrogen-bond donors (Lipinski definition) is 3. The fourth-order valence-corrected chi connectivity index (χ4v) is 2.31. The van der Waals surface area contributed by atoms with E-state index in [-0.39, 0.29) is 5.84 Å². The summed E-state index contributed by atoms with van der Waals surface area (Å²) in [6, 6.07) is 3.67. The molecule has 0 atom stereocenters. The Balaban J connectivity index is 1.92. The highest BCUT2D eigenvalue weighted by Crippen LogP contribution is 2.08. The highest BCUT2D eigenvalue weighted by molar-refractivity contribution is 7.09. The number of pyridine rings is 1. The van der Waals surface area contributed by atoms with Gasteiger partial charge in [-0.05, 0) is 24.6 Å². The summed E-state index contributed by atoms with van der Waals surface area (Å²) < 4.78 is 0. The molecule has 0 aliphatic heterocycles. The molecule has 2 rings (SSSR count). The van der Waals surface area contributed by atoms with E-state index >= 15 is 0 Å². The Labute approximate surface area is 115 Å². The molecule has 0 radical (unpaired) electrons. The molecule has 0 aliphatic rings. The zero-order valence-corrected chi connectivity index (χ0v) is 11.3. The first kappa shape index (κ1) is 13.4. The summed E-state index contributed by atoms with van der Waals surface area (Å²) in [5, 5.41) is 17.9. The first-order valence-electron chi connectivity index (χ1n) is 5.73. The number of amidine groups is 1. The van der Waals surface area contributed by atoms with Crippen molar-refractivity contribution < 1.29 is 5.21 Å². The molecular formula is C12H15N5OS. The zero-order chi connectivity index (χ0) is 13.7. The van der Waals surface area contributed by atoms with Gasteiger partial charge in [-0.3, -0.25) is 4.98 Å².